The Kier molecular flexibility index (Phi) is 71.5. The van der Waals surface area contributed by atoms with E-state index < -0.39 is 11.7 Å². The van der Waals surface area contributed by atoms with Crippen molar-refractivity contribution in [2.45, 2.75) is 168 Å². The van der Waals surface area contributed by atoms with Crippen LogP contribution in [-0.4, -0.2) is 390 Å². The average Bonchev–Trinajstić information content (AvgIpc) is 0.945. The van der Waals surface area contributed by atoms with E-state index >= 15 is 0 Å². The minimum atomic E-state index is -0.783. The monoisotopic (exact) mass is 1750 g/mol. The van der Waals surface area contributed by atoms with Crippen molar-refractivity contribution >= 4 is 88.3 Å². The fraction of sp³-hybridized carbons (Fsp3) is 0.815. The second-order valence-corrected chi connectivity index (χ2v) is 31.2. The molecule has 0 rings (SSSR count). The number of hydrogen-bond acceptors (Lipinski definition) is 31. The smallest absolute Gasteiger partial charge is 0.407 e. The van der Waals surface area contributed by atoms with Crippen LogP contribution in [0.25, 0.3) is 0 Å². The van der Waals surface area contributed by atoms with Gasteiger partial charge in [0.1, 0.15) is 28.7 Å². The number of nitrogens with one attached hydrogen (secondary N) is 11. The average molecular weight is 1750 g/mol. The fourth-order valence-electron chi connectivity index (χ4n) is 12.4. The molecule has 0 aromatic carbocycles. The van der Waals surface area contributed by atoms with E-state index in [4.69, 9.17) is 50.6 Å². The Bertz CT molecular complexity index is 2560. The van der Waals surface area contributed by atoms with Crippen molar-refractivity contribution in [3.05, 3.63) is 0 Å². The molecule has 42 heteroatoms. The Labute approximate surface area is 730 Å². The van der Waals surface area contributed by atoms with Crippen LogP contribution in [-0.2, 0) is 71.9 Å². The summed E-state index contributed by atoms with van der Waals surface area (Å²) >= 11 is 0. The van der Waals surface area contributed by atoms with Gasteiger partial charge in [-0.25, -0.2) is 4.79 Å². The summed E-state index contributed by atoms with van der Waals surface area (Å²) in [4.78, 5) is 208. The van der Waals surface area contributed by atoms with E-state index in [1.807, 2.05) is 34.3 Å². The molecule has 0 saturated carbocycles. The van der Waals surface area contributed by atoms with Crippen molar-refractivity contribution in [2.24, 2.45) is 45.9 Å². The number of Topliss-reactive ketones (excluding diaryl/α,β-unsaturated/α-hetero) is 4. The van der Waals surface area contributed by atoms with Crippen LogP contribution in [0.3, 0.4) is 0 Å². The molecule has 0 aliphatic rings. The first-order valence-electron chi connectivity index (χ1n) is 44.4. The van der Waals surface area contributed by atoms with Gasteiger partial charge in [-0.15, -0.1) is 0 Å². The zero-order valence-electron chi connectivity index (χ0n) is 74.6. The van der Waals surface area contributed by atoms with Crippen LogP contribution in [0.5, 0.6) is 0 Å². The van der Waals surface area contributed by atoms with Crippen LogP contribution < -0.4 is 104 Å². The van der Waals surface area contributed by atoms with Gasteiger partial charge in [0.05, 0.1) is 0 Å². The van der Waals surface area contributed by atoms with E-state index in [9.17, 15) is 71.9 Å². The van der Waals surface area contributed by atoms with Gasteiger partial charge in [0, 0.05) is 351 Å². The lowest BCUT2D eigenvalue weighted by atomic mass is 10.1. The molecule has 27 N–H and O–H groups in total. The number of ketones is 4. The molecule has 42 nitrogen and oxygen atoms in total. The number of carbonyl (C=O) groups excluding carboxylic acids is 15. The molecule has 11 amide bonds. The molecule has 0 aliphatic heterocycles. The van der Waals surface area contributed by atoms with Crippen LogP contribution in [0.4, 0.5) is 4.79 Å². The predicted molar refractivity (Wildman–Crippen MR) is 473 cm³/mol. The normalized spacial score (nSPS) is 11.5. The molecule has 0 bridgehead atoms. The van der Waals surface area contributed by atoms with E-state index in [-0.39, 0.29) is 316 Å². The van der Waals surface area contributed by atoms with Gasteiger partial charge in [0.2, 0.25) is 59.1 Å². The van der Waals surface area contributed by atoms with Gasteiger partial charge in [-0.2, -0.15) is 0 Å². The number of carbonyl (C=O) groups is 15. The van der Waals surface area contributed by atoms with Crippen molar-refractivity contribution in [3.8, 4) is 0 Å². The number of rotatable bonds is 83. The molecule has 0 spiro atoms. The Morgan fingerprint density at radius 2 is 0.358 bits per heavy atom. The summed E-state index contributed by atoms with van der Waals surface area (Å²) in [6, 6.07) is 0. The molecule has 0 heterocycles. The molecule has 0 saturated heterocycles. The highest BCUT2D eigenvalue weighted by atomic mass is 16.6. The van der Waals surface area contributed by atoms with Gasteiger partial charge in [-0.1, -0.05) is 0 Å². The summed E-state index contributed by atoms with van der Waals surface area (Å²) < 4.78 is 5.46. The summed E-state index contributed by atoms with van der Waals surface area (Å²) in [6.07, 6.45) is 4.20. The van der Waals surface area contributed by atoms with Gasteiger partial charge in [0.15, 0.2) is 0 Å². The predicted octanol–water partition coefficient (Wildman–Crippen LogP) is -6.68. The first-order valence-corrected chi connectivity index (χ1v) is 44.4. The maximum Gasteiger partial charge on any atom is 0.407 e. The Morgan fingerprint density at radius 1 is 0.195 bits per heavy atom. The lowest BCUT2D eigenvalue weighted by Gasteiger charge is -2.25. The first-order chi connectivity index (χ1) is 59.0. The number of hydrogen-bond donors (Lipinski definition) is 19. The molecule has 0 aliphatic carbocycles. The van der Waals surface area contributed by atoms with E-state index in [0.29, 0.717) is 169 Å². The summed E-state index contributed by atoms with van der Waals surface area (Å²) in [6.45, 7) is 16.8. The van der Waals surface area contributed by atoms with Crippen molar-refractivity contribution in [1.29, 1.82) is 0 Å². The number of amides is 11. The molecule has 123 heavy (non-hydrogen) atoms. The lowest BCUT2D eigenvalue weighted by Crippen LogP contribution is -2.42. The highest BCUT2D eigenvalue weighted by Crippen LogP contribution is 2.10. The topological polar surface area (TPSA) is 628 Å². The van der Waals surface area contributed by atoms with Gasteiger partial charge < -0.3 is 143 Å². The summed E-state index contributed by atoms with van der Waals surface area (Å²) in [7, 11) is 0. The molecule has 710 valence electrons. The molecular weight excluding hydrogens is 1590 g/mol. The largest absolute Gasteiger partial charge is 0.444 e. The minimum Gasteiger partial charge on any atom is -0.444 e. The second-order valence-electron chi connectivity index (χ2n) is 31.2. The summed E-state index contributed by atoms with van der Waals surface area (Å²) in [5, 5.41) is 31.0. The standard InChI is InChI=1S/C81H160N26O16/c1-81(2,3)123-80(122)100-44-65-107(59-24-78(120)96-40-61-103(47-14-68(110)10-6-45-101(51-16-70(112)90-34-28-84)52-17-71(113)91-35-29-85)48-15-69(111)11-7-46-102(53-18-72(114)92-36-30-86)54-19-73(115)93-37-31-87)60-25-79(121)99-43-64-106(57-22-76(118)97-41-62-104(49-12-66(108)8-4-26-82)55-20-74(116)94-38-32-88)58-23-77(119)98-42-63-105(50-13-67(109)9-5-27-83)56-21-75(117)95-39-33-89/h4-65,82-89H2,1-3H3,(H,90,112)(H,91,113)(H,92,114)(H,93,115)(H,94,116)(H,95,117)(H,96,120)(H,97,118)(H,98,119)(H,99,121)(H,100,122). The SMILES string of the molecule is CC(C)(C)OC(=O)NCCN(CCC(=O)NCCN(CCC(=O)CCCN(CCC(=O)NCCN)CCC(=O)NCCN)CCC(=O)CCCN(CCC(=O)NCCN)CCC(=O)NCCN)CCC(=O)NCCN(CCC(=O)NCCN(CCC(=O)CCCN)CCC(=O)NCCN)CCC(=O)NCCN(CCC(=O)CCCN)CCC(=O)NCCN. The molecule has 0 fully saturated rings. The lowest BCUT2D eigenvalue weighted by molar-refractivity contribution is -0.123. The van der Waals surface area contributed by atoms with Gasteiger partial charge in [-0.3, -0.25) is 67.1 Å². The van der Waals surface area contributed by atoms with Crippen molar-refractivity contribution < 1.29 is 76.7 Å². The fourth-order valence-corrected chi connectivity index (χ4v) is 12.4. The van der Waals surface area contributed by atoms with E-state index in [1.54, 1.807) is 20.8 Å². The zero-order valence-corrected chi connectivity index (χ0v) is 74.6. The summed E-state index contributed by atoms with van der Waals surface area (Å²) in [5.41, 5.74) is 43.9. The van der Waals surface area contributed by atoms with E-state index in [2.05, 4.69) is 58.5 Å². The van der Waals surface area contributed by atoms with Crippen LogP contribution in [0, 0.1) is 0 Å². The van der Waals surface area contributed by atoms with Gasteiger partial charge in [0.25, 0.3) is 0 Å². The van der Waals surface area contributed by atoms with Crippen LogP contribution in [0.1, 0.15) is 162 Å². The van der Waals surface area contributed by atoms with Crippen LogP contribution in [0.2, 0.25) is 0 Å². The van der Waals surface area contributed by atoms with Gasteiger partial charge >= 0.3 is 6.09 Å². The third-order valence-corrected chi connectivity index (χ3v) is 19.5. The Hall–Kier alpha value is -7.95. The van der Waals surface area contributed by atoms with E-state index in [1.165, 1.54) is 0 Å². The number of nitrogens with two attached hydrogens (primary N) is 8. The van der Waals surface area contributed by atoms with Crippen molar-refractivity contribution in [1.82, 2.24) is 92.8 Å². The van der Waals surface area contributed by atoms with Gasteiger partial charge in [-0.05, 0) is 72.6 Å². The molecule has 0 aromatic rings. The van der Waals surface area contributed by atoms with Crippen molar-refractivity contribution in [2.75, 3.05) is 262 Å². The molecule has 0 radical (unpaired) electrons. The number of nitrogens with zero attached hydrogens (tertiary/aromatic N) is 7. The maximum absolute atomic E-state index is 13.8. The molecule has 0 unspecified atom stereocenters. The van der Waals surface area contributed by atoms with E-state index in [0.717, 1.165) is 0 Å². The molecule has 0 atom stereocenters. The third-order valence-electron chi connectivity index (χ3n) is 19.5. The highest BCUT2D eigenvalue weighted by Gasteiger charge is 2.22. The first kappa shape index (κ1) is 115. The highest BCUT2D eigenvalue weighted by molar-refractivity contribution is 5.82. The Balaban J connectivity index is 6.64. The Morgan fingerprint density at radius 3 is 0.537 bits per heavy atom. The number of alkyl carbamates (subject to hydrolysis) is 1. The minimum absolute atomic E-state index is 0.0159. The van der Waals surface area contributed by atoms with Crippen LogP contribution in [0.15, 0.2) is 0 Å². The quantitative estimate of drug-likeness (QED) is 0.0269. The number of ether oxygens (including phenoxy) is 1. The summed E-state index contributed by atoms with van der Waals surface area (Å²) in [5.74, 6) is -2.40. The van der Waals surface area contributed by atoms with Crippen molar-refractivity contribution in [3.63, 3.8) is 0 Å². The zero-order chi connectivity index (χ0) is 91.5. The third kappa shape index (κ3) is 72.0. The van der Waals surface area contributed by atoms with Crippen LogP contribution >= 0.6 is 0 Å². The second kappa shape index (κ2) is 76.5. The molecular formula is C81H160N26O16. The maximum atomic E-state index is 13.8. The molecule has 0 aromatic heterocycles.